The van der Waals surface area contributed by atoms with E-state index in [0.717, 1.165) is 0 Å². The van der Waals surface area contributed by atoms with Crippen LogP contribution < -0.4 is 0 Å². The van der Waals surface area contributed by atoms with Crippen molar-refractivity contribution >= 4 is 12.4 Å². The molecule has 0 aromatic heterocycles. The molecule has 0 radical (unpaired) electrons. The minimum Gasteiger partial charge on any atom is -0.242 e. The van der Waals surface area contributed by atoms with Gasteiger partial charge in [-0.1, -0.05) is 0 Å². The van der Waals surface area contributed by atoms with Crippen LogP contribution in [0.2, 0.25) is 0 Å². The first-order valence-electron chi connectivity index (χ1n) is 4.46. The van der Waals surface area contributed by atoms with Crippen molar-refractivity contribution < 1.29 is 0 Å². The lowest BCUT2D eigenvalue weighted by Crippen LogP contribution is -2.38. The molecule has 0 N–H and O–H groups in total. The molecule has 11 heavy (non-hydrogen) atoms. The molecule has 0 aromatic rings. The van der Waals surface area contributed by atoms with Crippen LogP contribution in [0.1, 0.15) is 25.7 Å². The number of hydrogen-bond acceptors (Lipinski definition) is 2. The second-order valence-corrected chi connectivity index (χ2v) is 3.32. The molecule has 0 spiro atoms. The lowest BCUT2D eigenvalue weighted by molar-refractivity contribution is 0.0220. The van der Waals surface area contributed by atoms with Crippen molar-refractivity contribution in [3.05, 3.63) is 0 Å². The Morgan fingerprint density at radius 3 is 1.09 bits per heavy atom. The van der Waals surface area contributed by atoms with Gasteiger partial charge >= 0.3 is 0 Å². The maximum atomic E-state index is 2.53. The molecular weight excluding hydrogens is 160 g/mol. The van der Waals surface area contributed by atoms with Crippen molar-refractivity contribution in [1.29, 1.82) is 0 Å². The van der Waals surface area contributed by atoms with Crippen LogP contribution in [0.4, 0.5) is 0 Å². The average molecular weight is 177 g/mol. The van der Waals surface area contributed by atoms with Crippen molar-refractivity contribution in [1.82, 2.24) is 10.0 Å². The molecule has 0 aromatic carbocycles. The van der Waals surface area contributed by atoms with E-state index in [1.165, 1.54) is 51.9 Å². The fraction of sp³-hybridized carbons (Fsp3) is 1.00. The van der Waals surface area contributed by atoms with E-state index >= 15 is 0 Å². The molecule has 0 saturated carbocycles. The summed E-state index contributed by atoms with van der Waals surface area (Å²) < 4.78 is 0. The van der Waals surface area contributed by atoms with E-state index in [1.807, 2.05) is 0 Å². The topological polar surface area (TPSA) is 6.48 Å². The number of halogens is 1. The van der Waals surface area contributed by atoms with E-state index in [-0.39, 0.29) is 12.4 Å². The predicted octanol–water partition coefficient (Wildman–Crippen LogP) is 1.51. The Labute approximate surface area is 74.9 Å². The minimum atomic E-state index is 0. The number of hydrazine groups is 1. The van der Waals surface area contributed by atoms with Gasteiger partial charge in [0.15, 0.2) is 0 Å². The highest BCUT2D eigenvalue weighted by atomic mass is 35.5. The van der Waals surface area contributed by atoms with Gasteiger partial charge in [-0.3, -0.25) is 0 Å². The van der Waals surface area contributed by atoms with Crippen LogP contribution >= 0.6 is 12.4 Å². The van der Waals surface area contributed by atoms with Crippen LogP contribution in [0.25, 0.3) is 0 Å². The minimum absolute atomic E-state index is 0. The standard InChI is InChI=1S/C8H16N2.ClH/c1-2-6-9(5-1)10-7-3-4-8-10;/h1-8H2;1H. The van der Waals surface area contributed by atoms with Gasteiger partial charge in [0.1, 0.15) is 0 Å². The third-order valence-corrected chi connectivity index (χ3v) is 2.56. The van der Waals surface area contributed by atoms with E-state index in [2.05, 4.69) is 10.0 Å². The summed E-state index contributed by atoms with van der Waals surface area (Å²) in [6, 6.07) is 0. The van der Waals surface area contributed by atoms with Crippen molar-refractivity contribution in [3.8, 4) is 0 Å². The van der Waals surface area contributed by atoms with E-state index in [0.29, 0.717) is 0 Å². The molecule has 2 fully saturated rings. The van der Waals surface area contributed by atoms with Gasteiger partial charge in [-0.2, -0.15) is 0 Å². The van der Waals surface area contributed by atoms with Gasteiger partial charge < -0.3 is 0 Å². The predicted molar refractivity (Wildman–Crippen MR) is 48.9 cm³/mol. The van der Waals surface area contributed by atoms with Crippen molar-refractivity contribution in [2.24, 2.45) is 0 Å². The lowest BCUT2D eigenvalue weighted by atomic mass is 10.4. The number of rotatable bonds is 1. The Hall–Kier alpha value is 0.210. The summed E-state index contributed by atoms with van der Waals surface area (Å²) in [5, 5.41) is 5.07. The fourth-order valence-electron chi connectivity index (χ4n) is 1.97. The van der Waals surface area contributed by atoms with E-state index in [4.69, 9.17) is 0 Å². The first kappa shape index (κ1) is 9.30. The molecule has 2 aliphatic rings. The normalized spacial score (nSPS) is 27.3. The molecule has 0 aliphatic carbocycles. The molecule has 2 aliphatic heterocycles. The highest BCUT2D eigenvalue weighted by molar-refractivity contribution is 5.85. The summed E-state index contributed by atoms with van der Waals surface area (Å²) in [6.45, 7) is 5.28. The zero-order chi connectivity index (χ0) is 6.81. The molecule has 0 unspecified atom stereocenters. The molecule has 66 valence electrons. The average Bonchev–Trinajstić information content (AvgIpc) is 2.59. The smallest absolute Gasteiger partial charge is 0.0133 e. The summed E-state index contributed by atoms with van der Waals surface area (Å²) in [5.74, 6) is 0. The van der Waals surface area contributed by atoms with Crippen LogP contribution in [0.5, 0.6) is 0 Å². The Bertz CT molecular complexity index is 92.7. The van der Waals surface area contributed by atoms with Crippen molar-refractivity contribution in [2.75, 3.05) is 26.2 Å². The molecule has 2 nitrogen and oxygen atoms in total. The van der Waals surface area contributed by atoms with Crippen LogP contribution in [0, 0.1) is 0 Å². The summed E-state index contributed by atoms with van der Waals surface area (Å²) in [5.41, 5.74) is 0. The van der Waals surface area contributed by atoms with Crippen LogP contribution in [-0.4, -0.2) is 36.2 Å². The van der Waals surface area contributed by atoms with E-state index in [1.54, 1.807) is 0 Å². The van der Waals surface area contributed by atoms with Gasteiger partial charge in [0.05, 0.1) is 0 Å². The maximum Gasteiger partial charge on any atom is 0.0133 e. The van der Waals surface area contributed by atoms with Crippen LogP contribution in [0.15, 0.2) is 0 Å². The molecule has 2 rings (SSSR count). The molecular formula is C8H17ClN2. The second-order valence-electron chi connectivity index (χ2n) is 3.32. The third-order valence-electron chi connectivity index (χ3n) is 2.56. The molecule has 0 bridgehead atoms. The summed E-state index contributed by atoms with van der Waals surface area (Å²) in [6.07, 6.45) is 5.65. The number of nitrogens with zero attached hydrogens (tertiary/aromatic N) is 2. The molecule has 3 heteroatoms. The highest BCUT2D eigenvalue weighted by Gasteiger charge is 2.21. The number of hydrogen-bond donors (Lipinski definition) is 0. The molecule has 2 saturated heterocycles. The first-order chi connectivity index (χ1) is 4.97. The molecule has 0 amide bonds. The monoisotopic (exact) mass is 176 g/mol. The van der Waals surface area contributed by atoms with Gasteiger partial charge in [0, 0.05) is 26.2 Å². The Balaban J connectivity index is 0.000000605. The largest absolute Gasteiger partial charge is 0.242 e. The summed E-state index contributed by atoms with van der Waals surface area (Å²) in [4.78, 5) is 0. The lowest BCUT2D eigenvalue weighted by Gasteiger charge is -2.26. The SMILES string of the molecule is C1CCN(N2CCCC2)C1.Cl. The van der Waals surface area contributed by atoms with Gasteiger partial charge in [0.2, 0.25) is 0 Å². The summed E-state index contributed by atoms with van der Waals surface area (Å²) >= 11 is 0. The van der Waals surface area contributed by atoms with Crippen LogP contribution in [0.3, 0.4) is 0 Å². The van der Waals surface area contributed by atoms with E-state index < -0.39 is 0 Å². The van der Waals surface area contributed by atoms with Gasteiger partial charge in [-0.05, 0) is 25.7 Å². The van der Waals surface area contributed by atoms with Gasteiger partial charge in [-0.25, -0.2) is 10.0 Å². The maximum absolute atomic E-state index is 2.53. The highest BCUT2D eigenvalue weighted by Crippen LogP contribution is 2.16. The molecule has 2 heterocycles. The quantitative estimate of drug-likeness (QED) is 0.598. The Morgan fingerprint density at radius 2 is 0.818 bits per heavy atom. The van der Waals surface area contributed by atoms with Crippen molar-refractivity contribution in [3.63, 3.8) is 0 Å². The van der Waals surface area contributed by atoms with Crippen molar-refractivity contribution in [2.45, 2.75) is 25.7 Å². The second kappa shape index (κ2) is 4.29. The zero-order valence-corrected chi connectivity index (χ0v) is 7.78. The zero-order valence-electron chi connectivity index (χ0n) is 6.96. The van der Waals surface area contributed by atoms with Gasteiger partial charge in [0.25, 0.3) is 0 Å². The fourth-order valence-corrected chi connectivity index (χ4v) is 1.97. The molecule has 0 atom stereocenters. The Morgan fingerprint density at radius 1 is 0.545 bits per heavy atom. The van der Waals surface area contributed by atoms with Crippen LogP contribution in [-0.2, 0) is 0 Å². The third kappa shape index (κ3) is 2.08. The summed E-state index contributed by atoms with van der Waals surface area (Å²) in [7, 11) is 0. The Kier molecular flexibility index (Phi) is 3.63. The van der Waals surface area contributed by atoms with Gasteiger partial charge in [-0.15, -0.1) is 12.4 Å². The first-order valence-corrected chi connectivity index (χ1v) is 4.46. The van der Waals surface area contributed by atoms with E-state index in [9.17, 15) is 0 Å².